The number of hydrogen-bond donors (Lipinski definition) is 2. The summed E-state index contributed by atoms with van der Waals surface area (Å²) in [6.07, 6.45) is 0. The molecule has 0 aliphatic rings. The second kappa shape index (κ2) is 6.00. The van der Waals surface area contributed by atoms with E-state index in [1.54, 1.807) is 12.1 Å². The van der Waals surface area contributed by atoms with Crippen molar-refractivity contribution >= 4 is 17.2 Å². The van der Waals surface area contributed by atoms with Crippen molar-refractivity contribution in [3.05, 3.63) is 78.4 Å². The molecule has 0 bridgehead atoms. The number of phenols is 1. The van der Waals surface area contributed by atoms with Gasteiger partial charge in [-0.1, -0.05) is 72.9 Å². The molecule has 0 unspecified atom stereocenters. The van der Waals surface area contributed by atoms with Crippen molar-refractivity contribution in [3.63, 3.8) is 0 Å². The van der Waals surface area contributed by atoms with Gasteiger partial charge >= 0.3 is 0 Å². The lowest BCUT2D eigenvalue weighted by Crippen LogP contribution is -2.08. The maximum Gasteiger partial charge on any atom is 0.115 e. The lowest BCUT2D eigenvalue weighted by molar-refractivity contribution is 0.475. The fraction of sp³-hybridized carbons (Fsp3) is 0. The van der Waals surface area contributed by atoms with E-state index in [0.29, 0.717) is 4.99 Å². The van der Waals surface area contributed by atoms with Gasteiger partial charge in [0.1, 0.15) is 10.7 Å². The molecule has 0 aliphatic heterocycles. The number of benzene rings is 3. The highest BCUT2D eigenvalue weighted by Gasteiger charge is 2.07. The van der Waals surface area contributed by atoms with E-state index in [9.17, 15) is 5.11 Å². The van der Waals surface area contributed by atoms with Gasteiger partial charge in [-0.15, -0.1) is 0 Å². The summed E-state index contributed by atoms with van der Waals surface area (Å²) in [6, 6.07) is 23.3. The summed E-state index contributed by atoms with van der Waals surface area (Å²) < 4.78 is 0. The maximum absolute atomic E-state index is 9.45. The standard InChI is InChI=1S/C19H15NOS/c20-19(22)15-7-5-13(6-8-15)17-3-1-2-4-18(17)14-9-11-16(21)12-10-14/h1-12,21H,(H2,20,22). The van der Waals surface area contributed by atoms with Gasteiger partial charge in [0.15, 0.2) is 0 Å². The second-order valence-corrected chi connectivity index (χ2v) is 5.47. The Balaban J connectivity index is 2.08. The quantitative estimate of drug-likeness (QED) is 0.707. The Labute approximate surface area is 134 Å². The molecule has 0 saturated carbocycles. The molecule has 0 radical (unpaired) electrons. The average Bonchev–Trinajstić information content (AvgIpc) is 2.56. The molecule has 108 valence electrons. The summed E-state index contributed by atoms with van der Waals surface area (Å²) in [7, 11) is 0. The third-order valence-electron chi connectivity index (χ3n) is 3.59. The van der Waals surface area contributed by atoms with Crippen molar-refractivity contribution in [1.82, 2.24) is 0 Å². The Morgan fingerprint density at radius 1 is 0.727 bits per heavy atom. The van der Waals surface area contributed by atoms with Crippen LogP contribution in [-0.2, 0) is 0 Å². The Bertz CT molecular complexity index is 808. The molecular formula is C19H15NOS. The first-order chi connectivity index (χ1) is 10.6. The molecule has 0 saturated heterocycles. The largest absolute Gasteiger partial charge is 0.508 e. The van der Waals surface area contributed by atoms with E-state index < -0.39 is 0 Å². The minimum Gasteiger partial charge on any atom is -0.508 e. The number of rotatable bonds is 3. The van der Waals surface area contributed by atoms with Gasteiger partial charge in [0, 0.05) is 5.56 Å². The molecule has 3 aromatic carbocycles. The fourth-order valence-corrected chi connectivity index (χ4v) is 2.58. The molecule has 3 aromatic rings. The van der Waals surface area contributed by atoms with E-state index in [0.717, 1.165) is 27.8 Å². The zero-order valence-corrected chi connectivity index (χ0v) is 12.7. The van der Waals surface area contributed by atoms with Gasteiger partial charge in [-0.3, -0.25) is 0 Å². The van der Waals surface area contributed by atoms with Crippen LogP contribution < -0.4 is 5.73 Å². The SMILES string of the molecule is NC(=S)c1ccc(-c2ccccc2-c2ccc(O)cc2)cc1. The van der Waals surface area contributed by atoms with Gasteiger partial charge in [-0.25, -0.2) is 0 Å². The Morgan fingerprint density at radius 3 is 1.64 bits per heavy atom. The summed E-state index contributed by atoms with van der Waals surface area (Å²) in [5.74, 6) is 0.266. The average molecular weight is 305 g/mol. The van der Waals surface area contributed by atoms with E-state index in [2.05, 4.69) is 12.1 Å². The number of phenolic OH excluding ortho intramolecular Hbond substituents is 1. The van der Waals surface area contributed by atoms with Crippen molar-refractivity contribution in [2.24, 2.45) is 5.73 Å². The number of aromatic hydroxyl groups is 1. The van der Waals surface area contributed by atoms with Crippen LogP contribution in [0.1, 0.15) is 5.56 Å². The van der Waals surface area contributed by atoms with Gasteiger partial charge in [0.2, 0.25) is 0 Å². The van der Waals surface area contributed by atoms with Crippen molar-refractivity contribution < 1.29 is 5.11 Å². The van der Waals surface area contributed by atoms with Crippen LogP contribution in [0.2, 0.25) is 0 Å². The summed E-state index contributed by atoms with van der Waals surface area (Å²) in [6.45, 7) is 0. The number of nitrogens with two attached hydrogens (primary N) is 1. The van der Waals surface area contributed by atoms with Gasteiger partial charge < -0.3 is 10.8 Å². The van der Waals surface area contributed by atoms with Crippen molar-refractivity contribution in [1.29, 1.82) is 0 Å². The zero-order chi connectivity index (χ0) is 15.5. The number of thiocarbonyl (C=S) groups is 1. The van der Waals surface area contributed by atoms with Crippen LogP contribution in [0.3, 0.4) is 0 Å². The van der Waals surface area contributed by atoms with Gasteiger partial charge in [-0.2, -0.15) is 0 Å². The summed E-state index contributed by atoms with van der Waals surface area (Å²) >= 11 is 4.99. The predicted molar refractivity (Wildman–Crippen MR) is 94.9 cm³/mol. The molecule has 0 spiro atoms. The summed E-state index contributed by atoms with van der Waals surface area (Å²) in [5.41, 5.74) is 10.9. The first-order valence-electron chi connectivity index (χ1n) is 6.94. The van der Waals surface area contributed by atoms with Crippen molar-refractivity contribution in [2.45, 2.75) is 0 Å². The van der Waals surface area contributed by atoms with Crippen LogP contribution in [0.4, 0.5) is 0 Å². The second-order valence-electron chi connectivity index (χ2n) is 5.03. The highest BCUT2D eigenvalue weighted by molar-refractivity contribution is 7.80. The van der Waals surface area contributed by atoms with Crippen LogP contribution in [0.15, 0.2) is 72.8 Å². The zero-order valence-electron chi connectivity index (χ0n) is 11.9. The maximum atomic E-state index is 9.45. The molecule has 0 amide bonds. The summed E-state index contributed by atoms with van der Waals surface area (Å²) in [4.78, 5) is 0.401. The van der Waals surface area contributed by atoms with Crippen molar-refractivity contribution in [2.75, 3.05) is 0 Å². The molecule has 2 nitrogen and oxygen atoms in total. The van der Waals surface area contributed by atoms with Crippen LogP contribution >= 0.6 is 12.2 Å². The predicted octanol–water partition coefficient (Wildman–Crippen LogP) is 4.36. The minimum atomic E-state index is 0.266. The molecule has 0 atom stereocenters. The normalized spacial score (nSPS) is 10.4. The topological polar surface area (TPSA) is 46.2 Å². The van der Waals surface area contributed by atoms with Crippen molar-refractivity contribution in [3.8, 4) is 28.0 Å². The van der Waals surface area contributed by atoms with Crippen LogP contribution in [-0.4, -0.2) is 10.1 Å². The van der Waals surface area contributed by atoms with E-state index in [1.807, 2.05) is 48.5 Å². The Hall–Kier alpha value is -2.65. The van der Waals surface area contributed by atoms with E-state index >= 15 is 0 Å². The van der Waals surface area contributed by atoms with Gasteiger partial charge in [0.25, 0.3) is 0 Å². The number of hydrogen-bond acceptors (Lipinski definition) is 2. The fourth-order valence-electron chi connectivity index (χ4n) is 2.44. The van der Waals surface area contributed by atoms with Gasteiger partial charge in [0.05, 0.1) is 0 Å². The molecule has 0 aromatic heterocycles. The van der Waals surface area contributed by atoms with Crippen LogP contribution in [0.25, 0.3) is 22.3 Å². The summed E-state index contributed by atoms with van der Waals surface area (Å²) in [5, 5.41) is 9.45. The Kier molecular flexibility index (Phi) is 3.90. The smallest absolute Gasteiger partial charge is 0.115 e. The molecule has 0 heterocycles. The lowest BCUT2D eigenvalue weighted by atomic mass is 9.94. The first-order valence-corrected chi connectivity index (χ1v) is 7.34. The molecular weight excluding hydrogens is 290 g/mol. The highest BCUT2D eigenvalue weighted by atomic mass is 32.1. The highest BCUT2D eigenvalue weighted by Crippen LogP contribution is 2.32. The minimum absolute atomic E-state index is 0.266. The molecule has 3 rings (SSSR count). The molecule has 3 N–H and O–H groups in total. The van der Waals surface area contributed by atoms with Crippen LogP contribution in [0.5, 0.6) is 5.75 Å². The molecule has 0 fully saturated rings. The molecule has 22 heavy (non-hydrogen) atoms. The van der Waals surface area contributed by atoms with Gasteiger partial charge in [-0.05, 0) is 34.4 Å². The molecule has 0 aliphatic carbocycles. The molecule has 3 heteroatoms. The van der Waals surface area contributed by atoms with E-state index in [1.165, 1.54) is 0 Å². The third kappa shape index (κ3) is 2.85. The first kappa shape index (κ1) is 14.3. The van der Waals surface area contributed by atoms with Crippen LogP contribution in [0, 0.1) is 0 Å². The van der Waals surface area contributed by atoms with E-state index in [4.69, 9.17) is 18.0 Å². The van der Waals surface area contributed by atoms with E-state index in [-0.39, 0.29) is 5.75 Å². The lowest BCUT2D eigenvalue weighted by Gasteiger charge is -2.11. The monoisotopic (exact) mass is 305 g/mol. The Morgan fingerprint density at radius 2 is 1.18 bits per heavy atom. The third-order valence-corrected chi connectivity index (χ3v) is 3.82.